The molecule has 2 atom stereocenters. The minimum Gasteiger partial charge on any atom is -0.378 e. The molecule has 2 unspecified atom stereocenters. The van der Waals surface area contributed by atoms with Crippen molar-refractivity contribution in [2.45, 2.75) is 57.1 Å². The number of rotatable bonds is 5. The minimum absolute atomic E-state index is 0.405. The first kappa shape index (κ1) is 12.9. The number of hydrogen-bond acceptors (Lipinski definition) is 3. The number of ether oxygens (including phenoxy) is 1. The molecular formula is C15H28N2O. The van der Waals surface area contributed by atoms with E-state index in [-0.39, 0.29) is 0 Å². The normalized spacial score (nSPS) is 38.2. The Labute approximate surface area is 111 Å². The van der Waals surface area contributed by atoms with Gasteiger partial charge in [0.1, 0.15) is 0 Å². The zero-order chi connectivity index (χ0) is 12.4. The summed E-state index contributed by atoms with van der Waals surface area (Å²) in [5.74, 6) is 0.943. The average molecular weight is 252 g/mol. The van der Waals surface area contributed by atoms with Crippen molar-refractivity contribution < 1.29 is 4.74 Å². The second-order valence-electron chi connectivity index (χ2n) is 6.67. The summed E-state index contributed by atoms with van der Waals surface area (Å²) in [7, 11) is 0. The Morgan fingerprint density at radius 1 is 1.33 bits per heavy atom. The highest BCUT2D eigenvalue weighted by atomic mass is 16.5. The highest BCUT2D eigenvalue weighted by Crippen LogP contribution is 2.40. The predicted molar refractivity (Wildman–Crippen MR) is 73.8 cm³/mol. The number of piperazine rings is 1. The molecule has 2 heterocycles. The fourth-order valence-corrected chi connectivity index (χ4v) is 3.70. The van der Waals surface area contributed by atoms with E-state index < -0.39 is 0 Å². The Kier molecular flexibility index (Phi) is 3.92. The molecule has 1 N–H and O–H groups in total. The zero-order valence-corrected chi connectivity index (χ0v) is 11.8. The van der Waals surface area contributed by atoms with Crippen LogP contribution in [0.15, 0.2) is 0 Å². The van der Waals surface area contributed by atoms with Crippen LogP contribution in [0.1, 0.15) is 45.4 Å². The maximum atomic E-state index is 5.70. The van der Waals surface area contributed by atoms with E-state index in [9.17, 15) is 0 Å². The van der Waals surface area contributed by atoms with Gasteiger partial charge >= 0.3 is 0 Å². The third-order valence-corrected chi connectivity index (χ3v) is 5.01. The van der Waals surface area contributed by atoms with Crippen molar-refractivity contribution in [2.24, 2.45) is 5.92 Å². The first-order valence-corrected chi connectivity index (χ1v) is 7.85. The van der Waals surface area contributed by atoms with Crippen LogP contribution >= 0.6 is 0 Å². The summed E-state index contributed by atoms with van der Waals surface area (Å²) in [5, 5.41) is 3.75. The molecule has 3 nitrogen and oxygen atoms in total. The van der Waals surface area contributed by atoms with Gasteiger partial charge in [-0.25, -0.2) is 0 Å². The fraction of sp³-hybridized carbons (Fsp3) is 1.00. The first-order chi connectivity index (χ1) is 8.76. The first-order valence-electron chi connectivity index (χ1n) is 7.85. The van der Waals surface area contributed by atoms with E-state index in [4.69, 9.17) is 4.74 Å². The highest BCUT2D eigenvalue weighted by molar-refractivity contribution is 5.01. The molecule has 0 aromatic carbocycles. The van der Waals surface area contributed by atoms with Crippen molar-refractivity contribution in [2.75, 3.05) is 32.8 Å². The van der Waals surface area contributed by atoms with Gasteiger partial charge in [-0.1, -0.05) is 0 Å². The van der Waals surface area contributed by atoms with Crippen molar-refractivity contribution in [1.29, 1.82) is 0 Å². The molecule has 2 saturated heterocycles. The van der Waals surface area contributed by atoms with E-state index in [0.29, 0.717) is 11.6 Å². The molecule has 18 heavy (non-hydrogen) atoms. The Bertz CT molecular complexity index is 274. The Morgan fingerprint density at radius 2 is 2.22 bits per heavy atom. The Balaban J connectivity index is 1.39. The van der Waals surface area contributed by atoms with E-state index in [0.717, 1.165) is 12.5 Å². The monoisotopic (exact) mass is 252 g/mol. The smallest absolute Gasteiger partial charge is 0.0576 e. The average Bonchev–Trinajstić information content (AvgIpc) is 3.10. The molecule has 0 spiro atoms. The second-order valence-corrected chi connectivity index (χ2v) is 6.67. The van der Waals surface area contributed by atoms with Crippen LogP contribution in [-0.4, -0.2) is 49.3 Å². The summed E-state index contributed by atoms with van der Waals surface area (Å²) in [6.45, 7) is 8.35. The van der Waals surface area contributed by atoms with Crippen LogP contribution in [-0.2, 0) is 4.74 Å². The van der Waals surface area contributed by atoms with Crippen molar-refractivity contribution >= 4 is 0 Å². The molecule has 3 heteroatoms. The van der Waals surface area contributed by atoms with Crippen molar-refractivity contribution in [3.8, 4) is 0 Å². The molecular weight excluding hydrogens is 224 g/mol. The van der Waals surface area contributed by atoms with Gasteiger partial charge in [-0.15, -0.1) is 0 Å². The van der Waals surface area contributed by atoms with Gasteiger partial charge in [0.05, 0.1) is 6.10 Å². The number of nitrogens with zero attached hydrogens (tertiary/aromatic N) is 1. The second kappa shape index (κ2) is 5.48. The molecule has 0 amide bonds. The van der Waals surface area contributed by atoms with E-state index in [2.05, 4.69) is 17.1 Å². The van der Waals surface area contributed by atoms with Crippen LogP contribution in [0.2, 0.25) is 0 Å². The molecule has 0 bridgehead atoms. The molecule has 0 aromatic heterocycles. The van der Waals surface area contributed by atoms with Crippen LogP contribution in [0.4, 0.5) is 0 Å². The molecule has 0 radical (unpaired) electrons. The third-order valence-electron chi connectivity index (χ3n) is 5.01. The van der Waals surface area contributed by atoms with Crippen LogP contribution < -0.4 is 5.32 Å². The quantitative estimate of drug-likeness (QED) is 0.810. The molecule has 2 aliphatic heterocycles. The van der Waals surface area contributed by atoms with Crippen LogP contribution in [0, 0.1) is 5.92 Å². The minimum atomic E-state index is 0.405. The summed E-state index contributed by atoms with van der Waals surface area (Å²) < 4.78 is 5.70. The number of hydrogen-bond donors (Lipinski definition) is 1. The molecule has 3 rings (SSSR count). The summed E-state index contributed by atoms with van der Waals surface area (Å²) in [4.78, 5) is 2.67. The summed E-state index contributed by atoms with van der Waals surface area (Å²) in [6, 6.07) is 0. The maximum Gasteiger partial charge on any atom is 0.0576 e. The van der Waals surface area contributed by atoms with Crippen LogP contribution in [0.3, 0.4) is 0 Å². The van der Waals surface area contributed by atoms with E-state index in [1.165, 1.54) is 64.7 Å². The van der Waals surface area contributed by atoms with Gasteiger partial charge in [0.2, 0.25) is 0 Å². The van der Waals surface area contributed by atoms with Crippen LogP contribution in [0.25, 0.3) is 0 Å². The Morgan fingerprint density at radius 3 is 2.94 bits per heavy atom. The highest BCUT2D eigenvalue weighted by Gasteiger charge is 2.43. The van der Waals surface area contributed by atoms with Crippen molar-refractivity contribution in [1.82, 2.24) is 10.2 Å². The van der Waals surface area contributed by atoms with Gasteiger partial charge in [-0.05, 0) is 57.9 Å². The number of nitrogens with one attached hydrogen (secondary N) is 1. The van der Waals surface area contributed by atoms with Crippen molar-refractivity contribution in [3.05, 3.63) is 0 Å². The van der Waals surface area contributed by atoms with Gasteiger partial charge in [-0.2, -0.15) is 0 Å². The summed E-state index contributed by atoms with van der Waals surface area (Å²) in [5.41, 5.74) is 0.405. The lowest BCUT2D eigenvalue weighted by molar-refractivity contribution is 0.0897. The van der Waals surface area contributed by atoms with Crippen molar-refractivity contribution in [3.63, 3.8) is 0 Å². The molecule has 104 valence electrons. The van der Waals surface area contributed by atoms with Gasteiger partial charge in [0.25, 0.3) is 0 Å². The molecule has 0 aromatic rings. The summed E-state index contributed by atoms with van der Waals surface area (Å²) in [6.07, 6.45) is 8.60. The van der Waals surface area contributed by atoms with E-state index in [1.807, 2.05) is 0 Å². The SMILES string of the molecule is CC1(C2CC2)CN(CCCC2CCCO2)CCN1. The molecule has 1 saturated carbocycles. The van der Waals surface area contributed by atoms with Gasteiger partial charge in [-0.3, -0.25) is 0 Å². The zero-order valence-electron chi connectivity index (χ0n) is 11.8. The predicted octanol–water partition coefficient (Wildman–Crippen LogP) is 2.02. The lowest BCUT2D eigenvalue weighted by Gasteiger charge is -2.42. The topological polar surface area (TPSA) is 24.5 Å². The largest absolute Gasteiger partial charge is 0.378 e. The van der Waals surface area contributed by atoms with Crippen LogP contribution in [0.5, 0.6) is 0 Å². The van der Waals surface area contributed by atoms with Gasteiger partial charge in [0.15, 0.2) is 0 Å². The third kappa shape index (κ3) is 3.06. The fourth-order valence-electron chi connectivity index (χ4n) is 3.70. The molecule has 3 aliphatic rings. The van der Waals surface area contributed by atoms with E-state index in [1.54, 1.807) is 0 Å². The summed E-state index contributed by atoms with van der Waals surface area (Å²) >= 11 is 0. The molecule has 1 aliphatic carbocycles. The molecule has 3 fully saturated rings. The lowest BCUT2D eigenvalue weighted by Crippen LogP contribution is -2.60. The Hall–Kier alpha value is -0.120. The maximum absolute atomic E-state index is 5.70. The van der Waals surface area contributed by atoms with Gasteiger partial charge in [0, 0.05) is 31.8 Å². The van der Waals surface area contributed by atoms with Gasteiger partial charge < -0.3 is 15.0 Å². The van der Waals surface area contributed by atoms with E-state index >= 15 is 0 Å². The lowest BCUT2D eigenvalue weighted by atomic mass is 9.93. The standard InChI is InChI=1S/C15H28N2O/c1-15(13-6-7-13)12-17(10-8-16-15)9-2-4-14-5-3-11-18-14/h13-14,16H,2-12H2,1H3.